The van der Waals surface area contributed by atoms with Gasteiger partial charge in [-0.3, -0.25) is 20.2 Å². The van der Waals surface area contributed by atoms with E-state index >= 15 is 0 Å². The summed E-state index contributed by atoms with van der Waals surface area (Å²) in [7, 11) is 0. The molecular formula is C18H21N9O7. The largest absolute Gasteiger partial charge is 0.502 e. The third-order valence-corrected chi connectivity index (χ3v) is 5.08. The third kappa shape index (κ3) is 5.24. The summed E-state index contributed by atoms with van der Waals surface area (Å²) in [5, 5.41) is 36.3. The van der Waals surface area contributed by atoms with Gasteiger partial charge in [-0.15, -0.1) is 0 Å². The van der Waals surface area contributed by atoms with Gasteiger partial charge in [-0.1, -0.05) is 0 Å². The zero-order valence-electron chi connectivity index (χ0n) is 17.9. The summed E-state index contributed by atoms with van der Waals surface area (Å²) in [6, 6.07) is 1.65. The molecule has 0 amide bonds. The number of anilines is 3. The Hall–Kier alpha value is -4.18. The second-order valence-corrected chi connectivity index (χ2v) is 7.24. The first kappa shape index (κ1) is 23.0. The summed E-state index contributed by atoms with van der Waals surface area (Å²) in [6.45, 7) is 4.52. The van der Waals surface area contributed by atoms with Crippen molar-refractivity contribution in [2.24, 2.45) is 5.10 Å². The van der Waals surface area contributed by atoms with Crippen molar-refractivity contribution in [3.8, 4) is 5.75 Å². The Morgan fingerprint density at radius 3 is 2.00 bits per heavy atom. The third-order valence-electron chi connectivity index (χ3n) is 5.08. The molecular weight excluding hydrogens is 454 g/mol. The number of nitro groups is 2. The molecule has 34 heavy (non-hydrogen) atoms. The van der Waals surface area contributed by atoms with Crippen molar-refractivity contribution in [3.05, 3.63) is 37.9 Å². The van der Waals surface area contributed by atoms with Crippen LogP contribution in [0.5, 0.6) is 5.75 Å². The standard InChI is InChI=1S/C18H21N9O7/c28-15-12(9-13(26(29)30)10-14(15)27(31)32)11-19-23-16-20-17(24-1-5-33-6-2-24)22-18(21-16)25-3-7-34-8-4-25/h9-11,28H,1-8H2,(H,20,21,22,23)/b19-11+. The Balaban J connectivity index is 1.61. The minimum atomic E-state index is -0.914. The number of ether oxygens (including phenoxy) is 2. The molecule has 2 aliphatic rings. The molecule has 2 N–H and O–H groups in total. The highest BCUT2D eigenvalue weighted by Gasteiger charge is 2.24. The molecule has 0 radical (unpaired) electrons. The molecule has 0 bridgehead atoms. The lowest BCUT2D eigenvalue weighted by atomic mass is 10.1. The number of hydrogen-bond acceptors (Lipinski definition) is 14. The fourth-order valence-electron chi connectivity index (χ4n) is 3.34. The number of phenols is 1. The van der Waals surface area contributed by atoms with Gasteiger partial charge in [-0.25, -0.2) is 5.43 Å². The van der Waals surface area contributed by atoms with Gasteiger partial charge < -0.3 is 24.4 Å². The molecule has 3 heterocycles. The van der Waals surface area contributed by atoms with Gasteiger partial charge in [0.15, 0.2) is 0 Å². The van der Waals surface area contributed by atoms with E-state index in [-0.39, 0.29) is 11.5 Å². The zero-order valence-corrected chi connectivity index (χ0v) is 17.9. The van der Waals surface area contributed by atoms with E-state index in [1.54, 1.807) is 0 Å². The highest BCUT2D eigenvalue weighted by atomic mass is 16.6. The van der Waals surface area contributed by atoms with E-state index < -0.39 is 27.0 Å². The lowest BCUT2D eigenvalue weighted by Crippen LogP contribution is -2.40. The number of hydrazone groups is 1. The predicted octanol–water partition coefficient (Wildman–Crippen LogP) is 0.513. The van der Waals surface area contributed by atoms with Crippen molar-refractivity contribution < 1.29 is 24.4 Å². The molecule has 0 atom stereocenters. The molecule has 2 aromatic rings. The maximum absolute atomic E-state index is 11.1. The Morgan fingerprint density at radius 1 is 0.941 bits per heavy atom. The Kier molecular flexibility index (Phi) is 6.88. The molecule has 16 nitrogen and oxygen atoms in total. The number of aromatic hydroxyl groups is 1. The van der Waals surface area contributed by atoms with Crippen LogP contribution < -0.4 is 15.2 Å². The number of nitrogens with one attached hydrogen (secondary N) is 1. The summed E-state index contributed by atoms with van der Waals surface area (Å²) >= 11 is 0. The van der Waals surface area contributed by atoms with Crippen molar-refractivity contribution in [3.63, 3.8) is 0 Å². The highest BCUT2D eigenvalue weighted by Crippen LogP contribution is 2.33. The van der Waals surface area contributed by atoms with E-state index in [1.807, 2.05) is 9.80 Å². The molecule has 0 saturated carbocycles. The maximum atomic E-state index is 11.1. The van der Waals surface area contributed by atoms with Crippen LogP contribution in [0.2, 0.25) is 0 Å². The number of aromatic nitrogens is 3. The normalized spacial score (nSPS) is 16.6. The van der Waals surface area contributed by atoms with Crippen LogP contribution in [0.25, 0.3) is 0 Å². The first-order valence-electron chi connectivity index (χ1n) is 10.3. The number of non-ortho nitro benzene ring substituents is 1. The molecule has 0 unspecified atom stereocenters. The van der Waals surface area contributed by atoms with Crippen LogP contribution in [0, 0.1) is 20.2 Å². The molecule has 1 aromatic heterocycles. The lowest BCUT2D eigenvalue weighted by molar-refractivity contribution is -0.394. The van der Waals surface area contributed by atoms with Crippen LogP contribution in [-0.4, -0.2) is 88.7 Å². The van der Waals surface area contributed by atoms with Crippen molar-refractivity contribution in [2.75, 3.05) is 67.8 Å². The van der Waals surface area contributed by atoms with Gasteiger partial charge in [-0.05, 0) is 0 Å². The van der Waals surface area contributed by atoms with Crippen LogP contribution in [-0.2, 0) is 9.47 Å². The Labute approximate surface area is 192 Å². The van der Waals surface area contributed by atoms with Crippen molar-refractivity contribution in [1.82, 2.24) is 15.0 Å². The monoisotopic (exact) mass is 475 g/mol. The van der Waals surface area contributed by atoms with Crippen LogP contribution in [0.4, 0.5) is 29.2 Å². The molecule has 2 aliphatic heterocycles. The number of rotatable bonds is 7. The number of phenolic OH excluding ortho intramolecular Hbond substituents is 1. The van der Waals surface area contributed by atoms with Gasteiger partial charge >= 0.3 is 5.69 Å². The topological polar surface area (TPSA) is 195 Å². The van der Waals surface area contributed by atoms with E-state index in [0.717, 1.165) is 12.3 Å². The number of nitro benzene ring substituents is 2. The van der Waals surface area contributed by atoms with Crippen molar-refractivity contribution in [2.45, 2.75) is 0 Å². The fraction of sp³-hybridized carbons (Fsp3) is 0.444. The van der Waals surface area contributed by atoms with E-state index in [4.69, 9.17) is 9.47 Å². The first-order valence-corrected chi connectivity index (χ1v) is 10.3. The molecule has 4 rings (SSSR count). The maximum Gasteiger partial charge on any atom is 0.318 e. The zero-order chi connectivity index (χ0) is 24.1. The van der Waals surface area contributed by atoms with Gasteiger partial charge in [0, 0.05) is 32.2 Å². The summed E-state index contributed by atoms with van der Waals surface area (Å²) in [5.74, 6) is 0.186. The number of morpholine rings is 2. The average Bonchev–Trinajstić information content (AvgIpc) is 2.85. The lowest BCUT2D eigenvalue weighted by Gasteiger charge is -2.30. The Morgan fingerprint density at radius 2 is 1.50 bits per heavy atom. The van der Waals surface area contributed by atoms with Gasteiger partial charge in [0.2, 0.25) is 23.6 Å². The minimum absolute atomic E-state index is 0.0913. The van der Waals surface area contributed by atoms with E-state index in [2.05, 4.69) is 25.5 Å². The number of benzene rings is 1. The van der Waals surface area contributed by atoms with Crippen LogP contribution >= 0.6 is 0 Å². The minimum Gasteiger partial charge on any atom is -0.502 e. The number of nitrogens with zero attached hydrogens (tertiary/aromatic N) is 8. The molecule has 2 fully saturated rings. The molecule has 0 spiro atoms. The number of hydrogen-bond donors (Lipinski definition) is 2. The molecule has 0 aliphatic carbocycles. The van der Waals surface area contributed by atoms with Crippen molar-refractivity contribution >= 4 is 35.4 Å². The van der Waals surface area contributed by atoms with Gasteiger partial charge in [-0.2, -0.15) is 20.1 Å². The van der Waals surface area contributed by atoms with Crippen molar-refractivity contribution in [1.29, 1.82) is 0 Å². The van der Waals surface area contributed by atoms with Gasteiger partial charge in [0.25, 0.3) is 5.69 Å². The smallest absolute Gasteiger partial charge is 0.318 e. The summed E-state index contributed by atoms with van der Waals surface area (Å²) < 4.78 is 10.8. The molecule has 2 saturated heterocycles. The van der Waals surface area contributed by atoms with Crippen LogP contribution in [0.1, 0.15) is 5.56 Å². The fourth-order valence-corrected chi connectivity index (χ4v) is 3.34. The van der Waals surface area contributed by atoms with Crippen LogP contribution in [0.15, 0.2) is 17.2 Å². The van der Waals surface area contributed by atoms with E-state index in [0.29, 0.717) is 70.6 Å². The van der Waals surface area contributed by atoms with E-state index in [1.165, 1.54) is 0 Å². The molecule has 16 heteroatoms. The SMILES string of the molecule is O=[N+]([O-])c1cc(/C=N/Nc2nc(N3CCOCC3)nc(N3CCOCC3)n2)c(O)c([N+](=O)[O-])c1. The van der Waals surface area contributed by atoms with Gasteiger partial charge in [0.05, 0.1) is 54.1 Å². The van der Waals surface area contributed by atoms with E-state index in [9.17, 15) is 25.3 Å². The summed E-state index contributed by atoms with van der Waals surface area (Å²) in [5.41, 5.74) is 1.03. The molecule has 180 valence electrons. The second kappa shape index (κ2) is 10.2. The Bertz CT molecular complexity index is 1070. The quantitative estimate of drug-likeness (QED) is 0.320. The predicted molar refractivity (Wildman–Crippen MR) is 119 cm³/mol. The average molecular weight is 475 g/mol. The van der Waals surface area contributed by atoms with Gasteiger partial charge in [0.1, 0.15) is 0 Å². The summed E-state index contributed by atoms with van der Waals surface area (Å²) in [4.78, 5) is 37.7. The molecule has 1 aromatic carbocycles. The summed E-state index contributed by atoms with van der Waals surface area (Å²) in [6.07, 6.45) is 1.02. The second-order valence-electron chi connectivity index (χ2n) is 7.24. The highest BCUT2D eigenvalue weighted by molar-refractivity contribution is 5.87. The first-order chi connectivity index (χ1) is 16.4. The van der Waals surface area contributed by atoms with Crippen LogP contribution in [0.3, 0.4) is 0 Å².